The average Bonchev–Trinajstić information content (AvgIpc) is 3.23. The minimum absolute atomic E-state index is 0. The molecule has 0 aliphatic rings. The Labute approximate surface area is 159 Å². The maximum atomic E-state index is 4.27. The van der Waals surface area contributed by atoms with Crippen molar-refractivity contribution in [1.82, 2.24) is 20.2 Å². The molecule has 128 valence electrons. The molecule has 5 nitrogen and oxygen atoms in total. The molecule has 3 rings (SSSR count). The Morgan fingerprint density at radius 1 is 1.08 bits per heavy atom. The Bertz CT molecular complexity index is 761. The van der Waals surface area contributed by atoms with Gasteiger partial charge in [0.15, 0.2) is 5.96 Å². The number of rotatable bonds is 6. The summed E-state index contributed by atoms with van der Waals surface area (Å²) in [6, 6.07) is 12.5. The van der Waals surface area contributed by atoms with Gasteiger partial charge in [0.05, 0.1) is 0 Å². The van der Waals surface area contributed by atoms with Crippen molar-refractivity contribution in [3.63, 3.8) is 0 Å². The van der Waals surface area contributed by atoms with Gasteiger partial charge in [0.2, 0.25) is 0 Å². The highest BCUT2D eigenvalue weighted by Gasteiger charge is 2.03. The molecule has 0 atom stereocenters. The van der Waals surface area contributed by atoms with Crippen molar-refractivity contribution in [1.29, 1.82) is 0 Å². The van der Waals surface area contributed by atoms with Crippen LogP contribution in [0.5, 0.6) is 0 Å². The number of nitrogens with one attached hydrogen (secondary N) is 3. The lowest BCUT2D eigenvalue weighted by Crippen LogP contribution is -2.39. The second kappa shape index (κ2) is 9.36. The van der Waals surface area contributed by atoms with Crippen LogP contribution in [0.25, 0.3) is 10.9 Å². The topological polar surface area (TPSA) is 57.1 Å². The number of H-pyrrole nitrogens is 1. The smallest absolute Gasteiger partial charge is 0.191 e. The van der Waals surface area contributed by atoms with Crippen LogP contribution in [0.15, 0.2) is 60.0 Å². The van der Waals surface area contributed by atoms with Crippen LogP contribution < -0.4 is 10.6 Å². The van der Waals surface area contributed by atoms with E-state index in [0.29, 0.717) is 0 Å². The first-order chi connectivity index (χ1) is 11.4. The molecule has 0 aliphatic heterocycles. The third-order valence-corrected chi connectivity index (χ3v) is 3.91. The normalized spacial score (nSPS) is 11.3. The lowest BCUT2D eigenvalue weighted by Gasteiger charge is -2.12. The van der Waals surface area contributed by atoms with E-state index in [1.165, 1.54) is 16.5 Å². The molecule has 0 saturated carbocycles. The summed E-state index contributed by atoms with van der Waals surface area (Å²) in [6.07, 6.45) is 7.18. The van der Waals surface area contributed by atoms with Crippen molar-refractivity contribution < 1.29 is 0 Å². The molecule has 0 unspecified atom stereocenters. The van der Waals surface area contributed by atoms with Gasteiger partial charge >= 0.3 is 0 Å². The Balaban J connectivity index is 0.00000208. The van der Waals surface area contributed by atoms with Gasteiger partial charge in [0.1, 0.15) is 0 Å². The summed E-state index contributed by atoms with van der Waals surface area (Å²) in [5.74, 6) is 0.844. The Morgan fingerprint density at radius 3 is 2.62 bits per heavy atom. The van der Waals surface area contributed by atoms with E-state index in [2.05, 4.69) is 68.0 Å². The summed E-state index contributed by atoms with van der Waals surface area (Å²) in [7, 11) is 1.80. The summed E-state index contributed by atoms with van der Waals surface area (Å²) >= 11 is 0. The minimum Gasteiger partial charge on any atom is -0.361 e. The van der Waals surface area contributed by atoms with Crippen LogP contribution >= 0.6 is 24.0 Å². The number of hydrogen-bond donors (Lipinski definition) is 3. The molecule has 0 aliphatic carbocycles. The van der Waals surface area contributed by atoms with Crippen LogP contribution in [0, 0.1) is 0 Å². The highest BCUT2D eigenvalue weighted by Crippen LogP contribution is 2.17. The zero-order valence-corrected chi connectivity index (χ0v) is 16.2. The van der Waals surface area contributed by atoms with Crippen LogP contribution in [-0.2, 0) is 13.0 Å². The predicted molar refractivity (Wildman–Crippen MR) is 111 cm³/mol. The highest BCUT2D eigenvalue weighted by molar-refractivity contribution is 14.0. The first-order valence-electron chi connectivity index (χ1n) is 7.97. The van der Waals surface area contributed by atoms with E-state index in [4.69, 9.17) is 0 Å². The van der Waals surface area contributed by atoms with Gasteiger partial charge in [0.25, 0.3) is 0 Å². The summed E-state index contributed by atoms with van der Waals surface area (Å²) in [5, 5.41) is 8.00. The molecule has 0 saturated heterocycles. The summed E-state index contributed by atoms with van der Waals surface area (Å²) in [5.41, 5.74) is 2.52. The fraction of sp³-hybridized carbons (Fsp3) is 0.278. The SMILES string of the molecule is CN=C(NCCc1c[nH]c2ccccc12)NCCn1cccc1.I. The Hall–Kier alpha value is -1.96. The second-order valence-corrected chi connectivity index (χ2v) is 5.46. The quantitative estimate of drug-likeness (QED) is 0.316. The summed E-state index contributed by atoms with van der Waals surface area (Å²) in [6.45, 7) is 2.63. The number of halogens is 1. The first-order valence-corrected chi connectivity index (χ1v) is 7.97. The highest BCUT2D eigenvalue weighted by atomic mass is 127. The van der Waals surface area contributed by atoms with E-state index in [-0.39, 0.29) is 24.0 Å². The number of nitrogens with zero attached hydrogens (tertiary/aromatic N) is 2. The number of aliphatic imine (C=N–C) groups is 1. The monoisotopic (exact) mass is 437 g/mol. The van der Waals surface area contributed by atoms with Crippen LogP contribution in [-0.4, -0.2) is 35.6 Å². The van der Waals surface area contributed by atoms with E-state index in [1.54, 1.807) is 7.05 Å². The molecule has 6 heteroatoms. The molecule has 24 heavy (non-hydrogen) atoms. The van der Waals surface area contributed by atoms with E-state index < -0.39 is 0 Å². The van der Waals surface area contributed by atoms with Gasteiger partial charge in [-0.15, -0.1) is 24.0 Å². The summed E-state index contributed by atoms with van der Waals surface area (Å²) < 4.78 is 2.15. The molecule has 0 radical (unpaired) electrons. The van der Waals surface area contributed by atoms with Crippen molar-refractivity contribution in [2.24, 2.45) is 4.99 Å². The number of fused-ring (bicyclic) bond motifs is 1. The standard InChI is InChI=1S/C18H23N5.HI/c1-19-18(21-10-13-23-11-4-5-12-23)20-9-8-15-14-22-17-7-3-2-6-16(15)17;/h2-7,11-12,14,22H,8-10,13H2,1H3,(H2,19,20,21);1H. The number of aromatic nitrogens is 2. The molecule has 1 aromatic carbocycles. The van der Waals surface area contributed by atoms with Gasteiger partial charge in [-0.25, -0.2) is 0 Å². The molecular weight excluding hydrogens is 413 g/mol. The molecular formula is C18H24IN5. The van der Waals surface area contributed by atoms with E-state index in [0.717, 1.165) is 32.0 Å². The molecule has 2 heterocycles. The average molecular weight is 437 g/mol. The maximum Gasteiger partial charge on any atom is 0.191 e. The zero-order valence-electron chi connectivity index (χ0n) is 13.8. The third kappa shape index (κ3) is 4.77. The van der Waals surface area contributed by atoms with Gasteiger partial charge in [-0.1, -0.05) is 18.2 Å². The summed E-state index contributed by atoms with van der Waals surface area (Å²) in [4.78, 5) is 7.58. The van der Waals surface area contributed by atoms with Crippen LogP contribution in [0.1, 0.15) is 5.56 Å². The number of aromatic amines is 1. The minimum atomic E-state index is 0. The fourth-order valence-electron chi connectivity index (χ4n) is 2.70. The first kappa shape index (κ1) is 18.4. The van der Waals surface area contributed by atoms with E-state index in [1.807, 2.05) is 12.1 Å². The third-order valence-electron chi connectivity index (χ3n) is 3.91. The lowest BCUT2D eigenvalue weighted by atomic mass is 10.1. The maximum absolute atomic E-state index is 4.27. The lowest BCUT2D eigenvalue weighted by molar-refractivity contribution is 0.665. The van der Waals surface area contributed by atoms with Gasteiger partial charge in [0, 0.05) is 56.2 Å². The van der Waals surface area contributed by atoms with Crippen molar-refractivity contribution >= 4 is 40.8 Å². The molecule has 0 amide bonds. The second-order valence-electron chi connectivity index (χ2n) is 5.46. The van der Waals surface area contributed by atoms with E-state index >= 15 is 0 Å². The van der Waals surface area contributed by atoms with Gasteiger partial charge in [-0.2, -0.15) is 0 Å². The van der Waals surface area contributed by atoms with Crippen LogP contribution in [0.3, 0.4) is 0 Å². The van der Waals surface area contributed by atoms with Gasteiger partial charge in [-0.05, 0) is 30.2 Å². The van der Waals surface area contributed by atoms with Crippen molar-refractivity contribution in [3.8, 4) is 0 Å². The molecule has 0 bridgehead atoms. The molecule has 3 aromatic rings. The number of para-hydroxylation sites is 1. The van der Waals surface area contributed by atoms with Crippen LogP contribution in [0.2, 0.25) is 0 Å². The molecule has 0 spiro atoms. The Kier molecular flexibility index (Phi) is 7.17. The fourth-order valence-corrected chi connectivity index (χ4v) is 2.70. The van der Waals surface area contributed by atoms with Gasteiger partial charge < -0.3 is 20.2 Å². The number of guanidine groups is 1. The largest absolute Gasteiger partial charge is 0.361 e. The predicted octanol–water partition coefficient (Wildman–Crippen LogP) is 3.00. The molecule has 3 N–H and O–H groups in total. The van der Waals surface area contributed by atoms with Gasteiger partial charge in [-0.3, -0.25) is 4.99 Å². The molecule has 2 aromatic heterocycles. The Morgan fingerprint density at radius 2 is 1.83 bits per heavy atom. The van der Waals surface area contributed by atoms with Crippen molar-refractivity contribution in [2.45, 2.75) is 13.0 Å². The van der Waals surface area contributed by atoms with E-state index in [9.17, 15) is 0 Å². The number of benzene rings is 1. The molecule has 0 fully saturated rings. The zero-order chi connectivity index (χ0) is 15.9. The van der Waals surface area contributed by atoms with Crippen molar-refractivity contribution in [2.75, 3.05) is 20.1 Å². The number of hydrogen-bond acceptors (Lipinski definition) is 1. The van der Waals surface area contributed by atoms with Crippen molar-refractivity contribution in [3.05, 3.63) is 60.6 Å². The van der Waals surface area contributed by atoms with Crippen LogP contribution in [0.4, 0.5) is 0 Å².